The highest BCUT2D eigenvalue weighted by atomic mass is 32.2. The molecule has 0 aliphatic heterocycles. The summed E-state index contributed by atoms with van der Waals surface area (Å²) in [5.41, 5.74) is 4.50. The fraction of sp³-hybridized carbons (Fsp3) is 0.700. The Kier molecular flexibility index (Phi) is 3.68. The summed E-state index contributed by atoms with van der Waals surface area (Å²) in [6.07, 6.45) is 4.18. The van der Waals surface area contributed by atoms with Gasteiger partial charge in [0.2, 0.25) is 0 Å². The van der Waals surface area contributed by atoms with E-state index >= 15 is 0 Å². The van der Waals surface area contributed by atoms with Gasteiger partial charge in [-0.25, -0.2) is 0 Å². The van der Waals surface area contributed by atoms with E-state index in [1.54, 1.807) is 7.05 Å². The van der Waals surface area contributed by atoms with Crippen LogP contribution in [0.4, 0.5) is 0 Å². The second kappa shape index (κ2) is 5.05. The summed E-state index contributed by atoms with van der Waals surface area (Å²) < 4.78 is 1.49. The molecule has 0 saturated heterocycles. The van der Waals surface area contributed by atoms with Gasteiger partial charge in [0.25, 0.3) is 0 Å². The Labute approximate surface area is 103 Å². The maximum atomic E-state index is 11.2. The van der Waals surface area contributed by atoms with Gasteiger partial charge in [-0.05, 0) is 19.3 Å². The molecule has 2 unspecified atom stereocenters. The third kappa shape index (κ3) is 2.98. The number of nitrogens with one attached hydrogen (secondary N) is 1. The van der Waals surface area contributed by atoms with Gasteiger partial charge in [0.1, 0.15) is 0 Å². The van der Waals surface area contributed by atoms with E-state index in [2.05, 4.69) is 10.1 Å². The first-order valence-corrected chi connectivity index (χ1v) is 6.54. The summed E-state index contributed by atoms with van der Waals surface area (Å²) in [5, 5.41) is 3.37. The molecule has 0 spiro atoms. The van der Waals surface area contributed by atoms with Gasteiger partial charge < -0.3 is 5.73 Å². The SMILES string of the molecule is Cn1[nH]c(=O)c(=O)nc1SC1CCCC(N)C1. The van der Waals surface area contributed by atoms with E-state index < -0.39 is 11.1 Å². The lowest BCUT2D eigenvalue weighted by Crippen LogP contribution is -2.35. The fourth-order valence-electron chi connectivity index (χ4n) is 2.00. The molecule has 1 aromatic rings. The van der Waals surface area contributed by atoms with Crippen LogP contribution >= 0.6 is 11.8 Å². The molecular weight excluding hydrogens is 240 g/mol. The van der Waals surface area contributed by atoms with Gasteiger partial charge >= 0.3 is 11.1 Å². The molecule has 0 aromatic carbocycles. The number of aromatic nitrogens is 3. The van der Waals surface area contributed by atoms with Crippen molar-refractivity contribution in [3.05, 3.63) is 20.7 Å². The molecule has 94 valence electrons. The zero-order valence-electron chi connectivity index (χ0n) is 9.68. The molecule has 17 heavy (non-hydrogen) atoms. The van der Waals surface area contributed by atoms with Crippen LogP contribution in [0.5, 0.6) is 0 Å². The van der Waals surface area contributed by atoms with Crippen molar-refractivity contribution in [1.29, 1.82) is 0 Å². The van der Waals surface area contributed by atoms with Gasteiger partial charge in [-0.15, -0.1) is 0 Å². The molecule has 1 aromatic heterocycles. The Bertz CT molecular complexity index is 510. The second-order valence-corrected chi connectivity index (χ2v) is 5.63. The molecule has 3 N–H and O–H groups in total. The van der Waals surface area contributed by atoms with E-state index in [1.807, 2.05) is 0 Å². The number of aromatic amines is 1. The highest BCUT2D eigenvalue weighted by Crippen LogP contribution is 2.31. The van der Waals surface area contributed by atoms with Gasteiger partial charge in [-0.2, -0.15) is 4.98 Å². The van der Waals surface area contributed by atoms with Crippen LogP contribution in [-0.2, 0) is 7.05 Å². The minimum Gasteiger partial charge on any atom is -0.328 e. The summed E-state index contributed by atoms with van der Waals surface area (Å²) in [7, 11) is 1.68. The number of rotatable bonds is 2. The first-order chi connectivity index (χ1) is 8.06. The van der Waals surface area contributed by atoms with E-state index in [-0.39, 0.29) is 6.04 Å². The van der Waals surface area contributed by atoms with Crippen molar-refractivity contribution in [3.63, 3.8) is 0 Å². The molecular formula is C10H16N4O2S. The fourth-order valence-corrected chi connectivity index (χ4v) is 3.27. The van der Waals surface area contributed by atoms with E-state index in [4.69, 9.17) is 5.73 Å². The maximum absolute atomic E-state index is 11.2. The molecule has 0 bridgehead atoms. The van der Waals surface area contributed by atoms with Crippen molar-refractivity contribution >= 4 is 11.8 Å². The normalized spacial score (nSPS) is 24.8. The number of aryl methyl sites for hydroxylation is 1. The van der Waals surface area contributed by atoms with Crippen LogP contribution in [0.15, 0.2) is 14.7 Å². The van der Waals surface area contributed by atoms with Crippen LogP contribution in [0.1, 0.15) is 25.7 Å². The molecule has 1 aliphatic rings. The molecule has 0 amide bonds. The zero-order chi connectivity index (χ0) is 12.4. The van der Waals surface area contributed by atoms with Gasteiger partial charge in [0, 0.05) is 18.3 Å². The Balaban J connectivity index is 2.15. The average molecular weight is 256 g/mol. The number of nitrogens with two attached hydrogens (primary N) is 1. The number of thioether (sulfide) groups is 1. The zero-order valence-corrected chi connectivity index (χ0v) is 10.5. The molecule has 1 aliphatic carbocycles. The van der Waals surface area contributed by atoms with Crippen LogP contribution in [0.2, 0.25) is 0 Å². The average Bonchev–Trinajstić information content (AvgIpc) is 2.26. The molecule has 1 heterocycles. The summed E-state index contributed by atoms with van der Waals surface area (Å²) >= 11 is 1.52. The Hall–Kier alpha value is -1.08. The lowest BCUT2D eigenvalue weighted by atomic mass is 9.96. The van der Waals surface area contributed by atoms with Crippen molar-refractivity contribution in [1.82, 2.24) is 14.8 Å². The minimum atomic E-state index is -0.731. The van der Waals surface area contributed by atoms with E-state index in [0.29, 0.717) is 10.4 Å². The monoisotopic (exact) mass is 256 g/mol. The smallest absolute Gasteiger partial charge is 0.328 e. The van der Waals surface area contributed by atoms with Crippen LogP contribution in [0, 0.1) is 0 Å². The van der Waals surface area contributed by atoms with Gasteiger partial charge in [0.15, 0.2) is 5.16 Å². The van der Waals surface area contributed by atoms with E-state index in [9.17, 15) is 9.59 Å². The van der Waals surface area contributed by atoms with Crippen LogP contribution in [0.3, 0.4) is 0 Å². The van der Waals surface area contributed by atoms with Crippen LogP contribution in [0.25, 0.3) is 0 Å². The number of nitrogens with zero attached hydrogens (tertiary/aromatic N) is 2. The van der Waals surface area contributed by atoms with Crippen molar-refractivity contribution in [2.24, 2.45) is 12.8 Å². The molecule has 2 atom stereocenters. The summed E-state index contributed by atoms with van der Waals surface area (Å²) in [5.74, 6) is 0. The summed E-state index contributed by atoms with van der Waals surface area (Å²) in [6.45, 7) is 0. The molecule has 1 fully saturated rings. The highest BCUT2D eigenvalue weighted by Gasteiger charge is 2.21. The second-order valence-electron chi connectivity index (χ2n) is 4.37. The first-order valence-electron chi connectivity index (χ1n) is 5.66. The largest absolute Gasteiger partial charge is 0.339 e. The number of hydrogen-bond donors (Lipinski definition) is 2. The topological polar surface area (TPSA) is 93.8 Å². The molecule has 2 rings (SSSR count). The third-order valence-corrected chi connectivity index (χ3v) is 4.22. The van der Waals surface area contributed by atoms with Crippen molar-refractivity contribution < 1.29 is 0 Å². The predicted octanol–water partition coefficient (Wildman–Crippen LogP) is -0.169. The Morgan fingerprint density at radius 1 is 1.47 bits per heavy atom. The predicted molar refractivity (Wildman–Crippen MR) is 66.2 cm³/mol. The molecule has 7 heteroatoms. The molecule has 1 saturated carbocycles. The van der Waals surface area contributed by atoms with Crippen molar-refractivity contribution in [3.8, 4) is 0 Å². The van der Waals surface area contributed by atoms with E-state index in [1.165, 1.54) is 16.4 Å². The number of H-pyrrole nitrogens is 1. The maximum Gasteiger partial charge on any atom is 0.339 e. The highest BCUT2D eigenvalue weighted by molar-refractivity contribution is 7.99. The molecule has 0 radical (unpaired) electrons. The lowest BCUT2D eigenvalue weighted by molar-refractivity contribution is 0.449. The van der Waals surface area contributed by atoms with Gasteiger partial charge in [-0.3, -0.25) is 19.4 Å². The minimum absolute atomic E-state index is 0.237. The third-order valence-electron chi connectivity index (χ3n) is 2.89. The Morgan fingerprint density at radius 3 is 2.94 bits per heavy atom. The Morgan fingerprint density at radius 2 is 2.24 bits per heavy atom. The quantitative estimate of drug-likeness (QED) is 0.717. The summed E-state index contributed by atoms with van der Waals surface area (Å²) in [4.78, 5) is 26.0. The van der Waals surface area contributed by atoms with Crippen LogP contribution < -0.4 is 16.9 Å². The van der Waals surface area contributed by atoms with Crippen molar-refractivity contribution in [2.45, 2.75) is 42.1 Å². The standard InChI is InChI=1S/C10H16N4O2S/c1-14-10(12-8(15)9(16)13-14)17-7-4-2-3-6(11)5-7/h6-7H,2-5,11H2,1H3,(H,13,16). The number of hydrogen-bond acceptors (Lipinski definition) is 5. The van der Waals surface area contributed by atoms with Gasteiger partial charge in [0.05, 0.1) is 0 Å². The first kappa shape index (κ1) is 12.4. The van der Waals surface area contributed by atoms with Gasteiger partial charge in [-0.1, -0.05) is 18.2 Å². The van der Waals surface area contributed by atoms with Crippen LogP contribution in [-0.4, -0.2) is 26.1 Å². The molecule has 6 nitrogen and oxygen atoms in total. The van der Waals surface area contributed by atoms with E-state index in [0.717, 1.165) is 25.7 Å². The lowest BCUT2D eigenvalue weighted by Gasteiger charge is -2.25. The summed E-state index contributed by atoms with van der Waals surface area (Å²) in [6, 6.07) is 0.237. The van der Waals surface area contributed by atoms with Crippen molar-refractivity contribution in [2.75, 3.05) is 0 Å².